The average molecular weight is 385 g/mol. The molecular weight excluding hydrogens is 364 g/mol. The summed E-state index contributed by atoms with van der Waals surface area (Å²) in [5.74, 6) is 1.14. The first-order chi connectivity index (χ1) is 13.7. The third-order valence-corrected chi connectivity index (χ3v) is 6.18. The molecule has 5 rings (SSSR count). The van der Waals surface area contributed by atoms with Crippen LogP contribution in [-0.2, 0) is 5.41 Å². The lowest BCUT2D eigenvalue weighted by Crippen LogP contribution is -2.65. The SMILES string of the molecule is C[C@@]1(c2ccccc2)C2=NC(c3ccccc3)=CCN2[C@H]1c1ccc(Cl)cc1. The fourth-order valence-corrected chi connectivity index (χ4v) is 4.65. The lowest BCUT2D eigenvalue weighted by molar-refractivity contribution is 0.167. The Bertz CT molecular complexity index is 1050. The van der Waals surface area contributed by atoms with Crippen molar-refractivity contribution >= 4 is 23.1 Å². The van der Waals surface area contributed by atoms with Gasteiger partial charge < -0.3 is 4.90 Å². The number of benzene rings is 3. The monoisotopic (exact) mass is 384 g/mol. The molecule has 28 heavy (non-hydrogen) atoms. The molecule has 3 heteroatoms. The van der Waals surface area contributed by atoms with Crippen molar-refractivity contribution < 1.29 is 0 Å². The summed E-state index contributed by atoms with van der Waals surface area (Å²) in [5.41, 5.74) is 4.61. The Balaban J connectivity index is 1.61. The Morgan fingerprint density at radius 2 is 1.54 bits per heavy atom. The maximum atomic E-state index is 6.14. The third-order valence-electron chi connectivity index (χ3n) is 5.93. The highest BCUT2D eigenvalue weighted by Crippen LogP contribution is 2.53. The molecule has 0 N–H and O–H groups in total. The standard InChI is InChI=1S/C25H21ClN2/c1-25(20-10-6-3-7-11-20)23(19-12-14-21(26)15-13-19)28-17-16-22(27-24(25)28)18-8-4-2-5-9-18/h2-16,23H,17H2,1H3/t23-,25-/m0/s1. The molecule has 1 saturated heterocycles. The van der Waals surface area contributed by atoms with E-state index in [1.165, 1.54) is 16.7 Å². The van der Waals surface area contributed by atoms with E-state index in [1.54, 1.807) is 0 Å². The molecule has 0 aliphatic carbocycles. The minimum atomic E-state index is -0.177. The molecule has 138 valence electrons. The molecule has 1 fully saturated rings. The topological polar surface area (TPSA) is 15.6 Å². The zero-order valence-electron chi connectivity index (χ0n) is 15.7. The number of fused-ring (bicyclic) bond motifs is 1. The van der Waals surface area contributed by atoms with Crippen LogP contribution in [0.25, 0.3) is 5.70 Å². The van der Waals surface area contributed by atoms with Crippen LogP contribution >= 0.6 is 11.6 Å². The number of rotatable bonds is 3. The molecule has 3 aromatic rings. The summed E-state index contributed by atoms with van der Waals surface area (Å²) in [6.07, 6.45) is 2.23. The van der Waals surface area contributed by atoms with Crippen molar-refractivity contribution in [3.8, 4) is 0 Å². The molecule has 0 aromatic heterocycles. The van der Waals surface area contributed by atoms with Crippen LogP contribution in [0.15, 0.2) is 96.0 Å². The van der Waals surface area contributed by atoms with Crippen molar-refractivity contribution in [3.05, 3.63) is 113 Å². The van der Waals surface area contributed by atoms with E-state index in [0.29, 0.717) is 0 Å². The molecular formula is C25H21ClN2. The van der Waals surface area contributed by atoms with E-state index in [2.05, 4.69) is 84.6 Å². The first-order valence-corrected chi connectivity index (χ1v) is 9.98. The van der Waals surface area contributed by atoms with Crippen molar-refractivity contribution in [1.82, 2.24) is 4.90 Å². The number of hydrogen-bond donors (Lipinski definition) is 0. The molecule has 0 amide bonds. The zero-order valence-corrected chi connectivity index (χ0v) is 16.5. The van der Waals surface area contributed by atoms with Crippen LogP contribution in [0.3, 0.4) is 0 Å². The van der Waals surface area contributed by atoms with Gasteiger partial charge in [0, 0.05) is 11.6 Å². The molecule has 2 atom stereocenters. The molecule has 0 spiro atoms. The summed E-state index contributed by atoms with van der Waals surface area (Å²) in [6.45, 7) is 3.17. The van der Waals surface area contributed by atoms with Crippen LogP contribution < -0.4 is 0 Å². The van der Waals surface area contributed by atoms with Gasteiger partial charge in [0.1, 0.15) is 5.84 Å². The van der Waals surface area contributed by atoms with Gasteiger partial charge in [-0.15, -0.1) is 0 Å². The Hall–Kier alpha value is -2.84. The second-order valence-corrected chi connectivity index (χ2v) is 8.00. The molecule has 0 saturated carbocycles. The second-order valence-electron chi connectivity index (χ2n) is 7.57. The van der Waals surface area contributed by atoms with E-state index < -0.39 is 0 Å². The highest BCUT2D eigenvalue weighted by molar-refractivity contribution is 6.30. The van der Waals surface area contributed by atoms with Crippen LogP contribution in [0.5, 0.6) is 0 Å². The van der Waals surface area contributed by atoms with Gasteiger partial charge in [-0.25, -0.2) is 4.99 Å². The molecule has 2 aliphatic rings. The smallest absolute Gasteiger partial charge is 0.119 e. The van der Waals surface area contributed by atoms with Gasteiger partial charge in [0.2, 0.25) is 0 Å². The van der Waals surface area contributed by atoms with E-state index in [9.17, 15) is 0 Å². The van der Waals surface area contributed by atoms with E-state index in [-0.39, 0.29) is 11.5 Å². The number of aliphatic imine (C=N–C) groups is 1. The van der Waals surface area contributed by atoms with Gasteiger partial charge in [-0.3, -0.25) is 0 Å². The van der Waals surface area contributed by atoms with Gasteiger partial charge in [-0.2, -0.15) is 0 Å². The maximum Gasteiger partial charge on any atom is 0.119 e. The maximum absolute atomic E-state index is 6.14. The van der Waals surface area contributed by atoms with Gasteiger partial charge in [0.25, 0.3) is 0 Å². The summed E-state index contributed by atoms with van der Waals surface area (Å²) >= 11 is 6.14. The van der Waals surface area contributed by atoms with Crippen molar-refractivity contribution in [2.75, 3.05) is 6.54 Å². The average Bonchev–Trinajstić information content (AvgIpc) is 2.76. The normalized spacial score (nSPS) is 23.4. The van der Waals surface area contributed by atoms with Gasteiger partial charge in [0.15, 0.2) is 0 Å². The summed E-state index contributed by atoms with van der Waals surface area (Å²) in [5, 5.41) is 0.767. The number of halogens is 1. The van der Waals surface area contributed by atoms with Gasteiger partial charge in [-0.05, 0) is 41.8 Å². The lowest BCUT2D eigenvalue weighted by atomic mass is 9.64. The minimum Gasteiger partial charge on any atom is -0.347 e. The summed E-state index contributed by atoms with van der Waals surface area (Å²) in [6, 6.07) is 29.6. The summed E-state index contributed by atoms with van der Waals surface area (Å²) in [7, 11) is 0. The van der Waals surface area contributed by atoms with Gasteiger partial charge in [-0.1, -0.05) is 84.4 Å². The van der Waals surface area contributed by atoms with Crippen LogP contribution in [-0.4, -0.2) is 17.3 Å². The van der Waals surface area contributed by atoms with E-state index in [0.717, 1.165) is 23.1 Å². The molecule has 0 radical (unpaired) electrons. The molecule has 2 nitrogen and oxygen atoms in total. The zero-order chi connectivity index (χ0) is 19.1. The lowest BCUT2D eigenvalue weighted by Gasteiger charge is -2.59. The first kappa shape index (κ1) is 17.3. The first-order valence-electron chi connectivity index (χ1n) is 9.60. The predicted octanol–water partition coefficient (Wildman–Crippen LogP) is 6.11. The molecule has 3 aromatic carbocycles. The molecule has 0 bridgehead atoms. The van der Waals surface area contributed by atoms with Gasteiger partial charge in [0.05, 0.1) is 17.2 Å². The Morgan fingerprint density at radius 1 is 0.893 bits per heavy atom. The number of hydrogen-bond acceptors (Lipinski definition) is 2. The van der Waals surface area contributed by atoms with E-state index in [4.69, 9.17) is 16.6 Å². The molecule has 2 aliphatic heterocycles. The Kier molecular flexibility index (Phi) is 4.10. The summed E-state index contributed by atoms with van der Waals surface area (Å²) in [4.78, 5) is 7.53. The van der Waals surface area contributed by atoms with Crippen LogP contribution in [0.1, 0.15) is 29.7 Å². The quantitative estimate of drug-likeness (QED) is 0.532. The number of amidine groups is 1. The highest BCUT2D eigenvalue weighted by atomic mass is 35.5. The Labute approximate surface area is 170 Å². The Morgan fingerprint density at radius 3 is 2.21 bits per heavy atom. The highest BCUT2D eigenvalue weighted by Gasteiger charge is 2.57. The van der Waals surface area contributed by atoms with Crippen LogP contribution in [0, 0.1) is 0 Å². The van der Waals surface area contributed by atoms with Crippen molar-refractivity contribution in [3.63, 3.8) is 0 Å². The van der Waals surface area contributed by atoms with Gasteiger partial charge >= 0.3 is 0 Å². The van der Waals surface area contributed by atoms with Crippen molar-refractivity contribution in [1.29, 1.82) is 0 Å². The fraction of sp³-hybridized carbons (Fsp3) is 0.160. The minimum absolute atomic E-state index is 0.177. The van der Waals surface area contributed by atoms with E-state index >= 15 is 0 Å². The number of nitrogens with zero attached hydrogens (tertiary/aromatic N) is 2. The largest absolute Gasteiger partial charge is 0.347 e. The van der Waals surface area contributed by atoms with E-state index in [1.807, 2.05) is 18.2 Å². The van der Waals surface area contributed by atoms with Crippen LogP contribution in [0.2, 0.25) is 5.02 Å². The molecule has 0 unspecified atom stereocenters. The second kappa shape index (κ2) is 6.65. The third kappa shape index (κ3) is 2.60. The summed E-state index contributed by atoms with van der Waals surface area (Å²) < 4.78 is 0. The molecule has 2 heterocycles. The van der Waals surface area contributed by atoms with Crippen molar-refractivity contribution in [2.45, 2.75) is 18.4 Å². The van der Waals surface area contributed by atoms with Crippen molar-refractivity contribution in [2.24, 2.45) is 4.99 Å². The fourth-order valence-electron chi connectivity index (χ4n) is 4.53. The van der Waals surface area contributed by atoms with Crippen LogP contribution in [0.4, 0.5) is 0 Å². The predicted molar refractivity (Wildman–Crippen MR) is 117 cm³/mol.